The molecule has 6 nitrogen and oxygen atoms in total. The van der Waals surface area contributed by atoms with Gasteiger partial charge in [0.1, 0.15) is 0 Å². The van der Waals surface area contributed by atoms with Crippen molar-refractivity contribution in [1.29, 1.82) is 0 Å². The van der Waals surface area contributed by atoms with Crippen LogP contribution in [0, 0.1) is 5.92 Å². The molecule has 21 heavy (non-hydrogen) atoms. The molecule has 3 rings (SSSR count). The number of anilines is 1. The van der Waals surface area contributed by atoms with Crippen molar-refractivity contribution >= 4 is 11.7 Å². The number of pyridine rings is 1. The molecule has 6 heteroatoms. The summed E-state index contributed by atoms with van der Waals surface area (Å²) in [5, 5.41) is 16.8. The molecule has 1 aliphatic rings. The Balaban J connectivity index is 1.77. The first kappa shape index (κ1) is 13.6. The Hall–Kier alpha value is -2.37. The fourth-order valence-corrected chi connectivity index (χ4v) is 2.85. The lowest BCUT2D eigenvalue weighted by Gasteiger charge is -2.28. The SMILES string of the molecule is O=C(O)C1CCCC(Nc2cccnc2-n2cccn2)C1. The van der Waals surface area contributed by atoms with Crippen molar-refractivity contribution in [1.82, 2.24) is 14.8 Å². The number of carboxylic acid groups (broad SMARTS) is 1. The van der Waals surface area contributed by atoms with Crippen molar-refractivity contribution in [3.8, 4) is 5.82 Å². The van der Waals surface area contributed by atoms with E-state index in [9.17, 15) is 9.90 Å². The third-order valence-electron chi connectivity index (χ3n) is 3.89. The Kier molecular flexibility index (Phi) is 3.85. The lowest BCUT2D eigenvalue weighted by atomic mass is 9.85. The zero-order valence-electron chi connectivity index (χ0n) is 11.6. The second-order valence-corrected chi connectivity index (χ2v) is 5.37. The van der Waals surface area contributed by atoms with Crippen LogP contribution >= 0.6 is 0 Å². The average molecular weight is 286 g/mol. The van der Waals surface area contributed by atoms with E-state index in [4.69, 9.17) is 0 Å². The van der Waals surface area contributed by atoms with Crippen LogP contribution in [0.3, 0.4) is 0 Å². The summed E-state index contributed by atoms with van der Waals surface area (Å²) >= 11 is 0. The molecule has 1 saturated carbocycles. The quantitative estimate of drug-likeness (QED) is 0.901. The van der Waals surface area contributed by atoms with E-state index >= 15 is 0 Å². The number of nitrogens with one attached hydrogen (secondary N) is 1. The summed E-state index contributed by atoms with van der Waals surface area (Å²) in [5.41, 5.74) is 0.886. The van der Waals surface area contributed by atoms with Gasteiger partial charge in [-0.05, 0) is 37.5 Å². The van der Waals surface area contributed by atoms with E-state index in [1.54, 1.807) is 17.1 Å². The first-order valence-corrected chi connectivity index (χ1v) is 7.18. The minimum absolute atomic E-state index is 0.165. The molecule has 2 heterocycles. The monoisotopic (exact) mass is 286 g/mol. The van der Waals surface area contributed by atoms with Crippen LogP contribution in [-0.4, -0.2) is 31.9 Å². The van der Waals surface area contributed by atoms with Crippen LogP contribution in [0.1, 0.15) is 25.7 Å². The van der Waals surface area contributed by atoms with Gasteiger partial charge < -0.3 is 10.4 Å². The lowest BCUT2D eigenvalue weighted by Crippen LogP contribution is -2.31. The van der Waals surface area contributed by atoms with Crippen molar-refractivity contribution < 1.29 is 9.90 Å². The van der Waals surface area contributed by atoms with Gasteiger partial charge in [0.05, 0.1) is 11.6 Å². The predicted molar refractivity (Wildman–Crippen MR) is 78.4 cm³/mol. The highest BCUT2D eigenvalue weighted by Gasteiger charge is 2.27. The molecule has 0 saturated heterocycles. The molecule has 0 bridgehead atoms. The third-order valence-corrected chi connectivity index (χ3v) is 3.89. The highest BCUT2D eigenvalue weighted by Crippen LogP contribution is 2.28. The second-order valence-electron chi connectivity index (χ2n) is 5.37. The summed E-state index contributed by atoms with van der Waals surface area (Å²) in [7, 11) is 0. The molecule has 2 aromatic rings. The van der Waals surface area contributed by atoms with E-state index < -0.39 is 5.97 Å². The van der Waals surface area contributed by atoms with Crippen LogP contribution in [0.2, 0.25) is 0 Å². The Bertz CT molecular complexity index is 612. The molecular formula is C15H18N4O2. The fraction of sp³-hybridized carbons (Fsp3) is 0.400. The summed E-state index contributed by atoms with van der Waals surface area (Å²) in [5.74, 6) is -0.207. The Labute approximate surface area is 122 Å². The van der Waals surface area contributed by atoms with E-state index in [0.29, 0.717) is 6.42 Å². The number of nitrogens with zero attached hydrogens (tertiary/aromatic N) is 3. The van der Waals surface area contributed by atoms with E-state index in [2.05, 4.69) is 15.4 Å². The topological polar surface area (TPSA) is 80.0 Å². The van der Waals surface area contributed by atoms with Gasteiger partial charge in [0.2, 0.25) is 0 Å². The molecule has 0 spiro atoms. The molecule has 0 aromatic carbocycles. The summed E-state index contributed by atoms with van der Waals surface area (Å²) in [6.45, 7) is 0. The standard InChI is InChI=1S/C15H18N4O2/c20-15(21)11-4-1-5-12(10-11)18-13-6-2-7-16-14(13)19-9-3-8-17-19/h2-3,6-9,11-12,18H,1,4-5,10H2,(H,20,21). The number of carboxylic acids is 1. The second kappa shape index (κ2) is 5.95. The average Bonchev–Trinajstić information content (AvgIpc) is 3.02. The van der Waals surface area contributed by atoms with Crippen molar-refractivity contribution in [3.05, 3.63) is 36.8 Å². The van der Waals surface area contributed by atoms with E-state index in [1.807, 2.05) is 24.4 Å². The molecule has 2 aromatic heterocycles. The highest BCUT2D eigenvalue weighted by molar-refractivity contribution is 5.70. The minimum Gasteiger partial charge on any atom is -0.481 e. The van der Waals surface area contributed by atoms with Crippen LogP contribution in [0.5, 0.6) is 0 Å². The largest absolute Gasteiger partial charge is 0.481 e. The molecule has 2 N–H and O–H groups in total. The van der Waals surface area contributed by atoms with Gasteiger partial charge in [-0.25, -0.2) is 9.67 Å². The van der Waals surface area contributed by atoms with Crippen molar-refractivity contribution in [2.24, 2.45) is 5.92 Å². The molecule has 0 amide bonds. The van der Waals surface area contributed by atoms with Gasteiger partial charge in [-0.1, -0.05) is 6.42 Å². The van der Waals surface area contributed by atoms with Crippen LogP contribution in [-0.2, 0) is 4.79 Å². The van der Waals surface area contributed by atoms with Gasteiger partial charge in [-0.3, -0.25) is 4.79 Å². The van der Waals surface area contributed by atoms with Crippen molar-refractivity contribution in [3.63, 3.8) is 0 Å². The van der Waals surface area contributed by atoms with Gasteiger partial charge in [0, 0.05) is 24.6 Å². The Morgan fingerprint density at radius 1 is 1.33 bits per heavy atom. The number of carbonyl (C=O) groups is 1. The molecule has 1 aliphatic carbocycles. The number of aromatic nitrogens is 3. The first-order chi connectivity index (χ1) is 10.2. The maximum atomic E-state index is 11.2. The molecule has 0 aliphatic heterocycles. The van der Waals surface area contributed by atoms with Crippen LogP contribution in [0.15, 0.2) is 36.8 Å². The maximum Gasteiger partial charge on any atom is 0.306 e. The summed E-state index contributed by atoms with van der Waals surface area (Å²) < 4.78 is 1.71. The van der Waals surface area contributed by atoms with Gasteiger partial charge in [0.15, 0.2) is 5.82 Å². The number of rotatable bonds is 4. The van der Waals surface area contributed by atoms with E-state index in [0.717, 1.165) is 30.8 Å². The summed E-state index contributed by atoms with van der Waals surface area (Å²) in [4.78, 5) is 15.5. The fourth-order valence-electron chi connectivity index (χ4n) is 2.85. The van der Waals surface area contributed by atoms with Gasteiger partial charge in [-0.15, -0.1) is 0 Å². The predicted octanol–water partition coefficient (Wildman–Crippen LogP) is 2.32. The molecule has 2 atom stereocenters. The Morgan fingerprint density at radius 3 is 3.00 bits per heavy atom. The molecule has 0 radical (unpaired) electrons. The first-order valence-electron chi connectivity index (χ1n) is 7.18. The van der Waals surface area contributed by atoms with Crippen LogP contribution in [0.25, 0.3) is 5.82 Å². The summed E-state index contributed by atoms with van der Waals surface area (Å²) in [6.07, 6.45) is 8.62. The van der Waals surface area contributed by atoms with Gasteiger partial charge >= 0.3 is 5.97 Å². The highest BCUT2D eigenvalue weighted by atomic mass is 16.4. The Morgan fingerprint density at radius 2 is 2.24 bits per heavy atom. The zero-order valence-corrected chi connectivity index (χ0v) is 11.6. The minimum atomic E-state index is -0.694. The molecule has 110 valence electrons. The third kappa shape index (κ3) is 3.04. The smallest absolute Gasteiger partial charge is 0.306 e. The number of aliphatic carboxylic acids is 1. The van der Waals surface area contributed by atoms with Crippen LogP contribution in [0.4, 0.5) is 5.69 Å². The van der Waals surface area contributed by atoms with Gasteiger partial charge in [0.25, 0.3) is 0 Å². The van der Waals surface area contributed by atoms with Crippen molar-refractivity contribution in [2.75, 3.05) is 5.32 Å². The molecular weight excluding hydrogens is 268 g/mol. The van der Waals surface area contributed by atoms with E-state index in [-0.39, 0.29) is 12.0 Å². The van der Waals surface area contributed by atoms with Crippen molar-refractivity contribution in [2.45, 2.75) is 31.7 Å². The number of hydrogen-bond donors (Lipinski definition) is 2. The zero-order chi connectivity index (χ0) is 14.7. The molecule has 2 unspecified atom stereocenters. The normalized spacial score (nSPS) is 21.9. The van der Waals surface area contributed by atoms with Crippen LogP contribution < -0.4 is 5.32 Å². The summed E-state index contributed by atoms with van der Waals surface area (Å²) in [6, 6.07) is 5.83. The van der Waals surface area contributed by atoms with Gasteiger partial charge in [-0.2, -0.15) is 5.10 Å². The molecule has 1 fully saturated rings. The maximum absolute atomic E-state index is 11.2. The lowest BCUT2D eigenvalue weighted by molar-refractivity contribution is -0.142. The number of hydrogen-bond acceptors (Lipinski definition) is 4. The van der Waals surface area contributed by atoms with E-state index in [1.165, 1.54) is 0 Å².